The molecule has 1 fully saturated rings. The van der Waals surface area contributed by atoms with Crippen LogP contribution in [-0.4, -0.2) is 51.1 Å². The third-order valence-electron chi connectivity index (χ3n) is 4.49. The molecule has 0 aromatic heterocycles. The molecule has 0 bridgehead atoms. The summed E-state index contributed by atoms with van der Waals surface area (Å²) in [5.74, 6) is 0.851. The Morgan fingerprint density at radius 2 is 1.96 bits per heavy atom. The van der Waals surface area contributed by atoms with Gasteiger partial charge in [-0.05, 0) is 44.2 Å². The van der Waals surface area contributed by atoms with Gasteiger partial charge >= 0.3 is 0 Å². The second kappa shape index (κ2) is 9.20. The quantitative estimate of drug-likeness (QED) is 0.710. The lowest BCUT2D eigenvalue weighted by atomic mass is 9.97. The molecule has 1 aliphatic heterocycles. The molecule has 0 spiro atoms. The summed E-state index contributed by atoms with van der Waals surface area (Å²) in [5.41, 5.74) is 1.15. The molecule has 0 radical (unpaired) electrons. The Balaban J connectivity index is 1.71. The summed E-state index contributed by atoms with van der Waals surface area (Å²) < 4.78 is 30.0. The molecule has 0 atom stereocenters. The fourth-order valence-corrected chi connectivity index (χ4v) is 3.97. The monoisotopic (exact) mass is 368 g/mol. The SMILES string of the molecule is CCOc1ccccc1CCCNC(=O)C1CCN(S(C)(=O)=O)CC1. The molecule has 1 N–H and O–H groups in total. The first-order valence-electron chi connectivity index (χ1n) is 8.85. The van der Waals surface area contributed by atoms with Gasteiger partial charge in [-0.15, -0.1) is 0 Å². The van der Waals surface area contributed by atoms with Crippen molar-refractivity contribution in [2.45, 2.75) is 32.6 Å². The van der Waals surface area contributed by atoms with Crippen molar-refractivity contribution in [3.05, 3.63) is 29.8 Å². The standard InChI is InChI=1S/C18H28N2O4S/c1-3-24-17-9-5-4-7-15(17)8-6-12-19-18(21)16-10-13-20(14-11-16)25(2,22)23/h4-5,7,9,16H,3,6,8,10-14H2,1-2H3,(H,19,21). The number of ether oxygens (including phenoxy) is 1. The number of hydrogen-bond donors (Lipinski definition) is 1. The number of aryl methyl sites for hydroxylation is 1. The second-order valence-electron chi connectivity index (χ2n) is 6.37. The topological polar surface area (TPSA) is 75.7 Å². The van der Waals surface area contributed by atoms with E-state index >= 15 is 0 Å². The smallest absolute Gasteiger partial charge is 0.223 e. The molecule has 2 rings (SSSR count). The maximum absolute atomic E-state index is 12.2. The molecule has 0 aliphatic carbocycles. The summed E-state index contributed by atoms with van der Waals surface area (Å²) in [5, 5.41) is 2.98. The van der Waals surface area contributed by atoms with Gasteiger partial charge in [0, 0.05) is 25.6 Å². The van der Waals surface area contributed by atoms with Crippen LogP contribution in [0.2, 0.25) is 0 Å². The number of nitrogens with one attached hydrogen (secondary N) is 1. The van der Waals surface area contributed by atoms with Crippen LogP contribution in [0.1, 0.15) is 31.7 Å². The number of carbonyl (C=O) groups excluding carboxylic acids is 1. The lowest BCUT2D eigenvalue weighted by molar-refractivity contribution is -0.126. The molecule has 7 heteroatoms. The Hall–Kier alpha value is -1.60. The summed E-state index contributed by atoms with van der Waals surface area (Å²) in [6.45, 7) is 4.08. The van der Waals surface area contributed by atoms with Crippen LogP contribution in [0.15, 0.2) is 24.3 Å². The highest BCUT2D eigenvalue weighted by Gasteiger charge is 2.28. The molecule has 0 saturated carbocycles. The first-order chi connectivity index (χ1) is 11.9. The predicted molar refractivity (Wildman–Crippen MR) is 98.1 cm³/mol. The third-order valence-corrected chi connectivity index (χ3v) is 5.79. The van der Waals surface area contributed by atoms with E-state index in [4.69, 9.17) is 4.74 Å². The average molecular weight is 368 g/mol. The summed E-state index contributed by atoms with van der Waals surface area (Å²) in [6, 6.07) is 7.96. The lowest BCUT2D eigenvalue weighted by Crippen LogP contribution is -2.42. The van der Waals surface area contributed by atoms with Crippen molar-refractivity contribution < 1.29 is 17.9 Å². The van der Waals surface area contributed by atoms with Gasteiger partial charge in [0.25, 0.3) is 0 Å². The van der Waals surface area contributed by atoms with Crippen LogP contribution >= 0.6 is 0 Å². The molecular weight excluding hydrogens is 340 g/mol. The average Bonchev–Trinajstić information content (AvgIpc) is 2.59. The maximum Gasteiger partial charge on any atom is 0.223 e. The fraction of sp³-hybridized carbons (Fsp3) is 0.611. The minimum Gasteiger partial charge on any atom is -0.494 e. The lowest BCUT2D eigenvalue weighted by Gasteiger charge is -2.29. The zero-order valence-electron chi connectivity index (χ0n) is 15.0. The molecule has 1 aromatic rings. The van der Waals surface area contributed by atoms with Crippen LogP contribution in [0.3, 0.4) is 0 Å². The molecule has 0 unspecified atom stereocenters. The minimum absolute atomic E-state index is 0.0336. The van der Waals surface area contributed by atoms with Crippen LogP contribution in [0.5, 0.6) is 5.75 Å². The normalized spacial score (nSPS) is 16.6. The van der Waals surface area contributed by atoms with E-state index in [-0.39, 0.29) is 11.8 Å². The summed E-state index contributed by atoms with van der Waals surface area (Å²) >= 11 is 0. The van der Waals surface area contributed by atoms with Crippen molar-refractivity contribution in [3.63, 3.8) is 0 Å². The highest BCUT2D eigenvalue weighted by molar-refractivity contribution is 7.88. The summed E-state index contributed by atoms with van der Waals surface area (Å²) in [4.78, 5) is 12.2. The van der Waals surface area contributed by atoms with Crippen molar-refractivity contribution in [1.29, 1.82) is 0 Å². The van der Waals surface area contributed by atoms with Crippen LogP contribution in [-0.2, 0) is 21.2 Å². The first kappa shape index (κ1) is 19.7. The van der Waals surface area contributed by atoms with E-state index < -0.39 is 10.0 Å². The van der Waals surface area contributed by atoms with E-state index in [2.05, 4.69) is 5.32 Å². The van der Waals surface area contributed by atoms with Crippen LogP contribution in [0.25, 0.3) is 0 Å². The minimum atomic E-state index is -3.15. The zero-order chi connectivity index (χ0) is 18.3. The number of para-hydroxylation sites is 1. The van der Waals surface area contributed by atoms with Gasteiger partial charge in [-0.1, -0.05) is 18.2 Å². The molecule has 1 saturated heterocycles. The number of carbonyl (C=O) groups is 1. The third kappa shape index (κ3) is 6.01. The molecule has 1 aliphatic rings. The van der Waals surface area contributed by atoms with Crippen molar-refractivity contribution in [1.82, 2.24) is 9.62 Å². The number of rotatable bonds is 8. The zero-order valence-corrected chi connectivity index (χ0v) is 15.8. The van der Waals surface area contributed by atoms with Gasteiger partial charge in [0.15, 0.2) is 0 Å². The number of hydrogen-bond acceptors (Lipinski definition) is 4. The maximum atomic E-state index is 12.2. The molecule has 1 aromatic carbocycles. The van der Waals surface area contributed by atoms with E-state index in [1.54, 1.807) is 0 Å². The van der Waals surface area contributed by atoms with E-state index in [9.17, 15) is 13.2 Å². The van der Waals surface area contributed by atoms with Crippen molar-refractivity contribution in [3.8, 4) is 5.75 Å². The molecule has 6 nitrogen and oxygen atoms in total. The number of sulfonamides is 1. The Morgan fingerprint density at radius 1 is 1.28 bits per heavy atom. The Kier molecular flexibility index (Phi) is 7.25. The summed E-state index contributed by atoms with van der Waals surface area (Å²) in [6.07, 6.45) is 4.09. The van der Waals surface area contributed by atoms with Gasteiger partial charge in [-0.2, -0.15) is 0 Å². The Labute approximate surface area is 150 Å². The molecule has 140 valence electrons. The van der Waals surface area contributed by atoms with Gasteiger partial charge in [0.05, 0.1) is 12.9 Å². The van der Waals surface area contributed by atoms with Crippen molar-refractivity contribution in [2.75, 3.05) is 32.5 Å². The predicted octanol–water partition coefficient (Wildman–Crippen LogP) is 1.81. The van der Waals surface area contributed by atoms with Crippen molar-refractivity contribution in [2.24, 2.45) is 5.92 Å². The largest absolute Gasteiger partial charge is 0.494 e. The molecule has 1 amide bonds. The van der Waals surface area contributed by atoms with Crippen molar-refractivity contribution >= 4 is 15.9 Å². The molecule has 1 heterocycles. The van der Waals surface area contributed by atoms with E-state index in [0.717, 1.165) is 24.2 Å². The highest BCUT2D eigenvalue weighted by Crippen LogP contribution is 2.20. The van der Waals surface area contributed by atoms with Crippen LogP contribution < -0.4 is 10.1 Å². The van der Waals surface area contributed by atoms with E-state index in [1.807, 2.05) is 31.2 Å². The van der Waals surface area contributed by atoms with Crippen LogP contribution in [0.4, 0.5) is 0 Å². The number of nitrogens with zero attached hydrogens (tertiary/aromatic N) is 1. The van der Waals surface area contributed by atoms with Crippen LogP contribution in [0, 0.1) is 5.92 Å². The second-order valence-corrected chi connectivity index (χ2v) is 8.35. The molecular formula is C18H28N2O4S. The Bertz CT molecular complexity index is 667. The number of benzene rings is 1. The number of amides is 1. The van der Waals surface area contributed by atoms with Gasteiger partial charge in [-0.25, -0.2) is 12.7 Å². The van der Waals surface area contributed by atoms with E-state index in [0.29, 0.717) is 39.1 Å². The highest BCUT2D eigenvalue weighted by atomic mass is 32.2. The Morgan fingerprint density at radius 3 is 2.60 bits per heavy atom. The fourth-order valence-electron chi connectivity index (χ4n) is 3.09. The van der Waals surface area contributed by atoms with E-state index in [1.165, 1.54) is 10.6 Å². The van der Waals surface area contributed by atoms with Gasteiger partial charge in [0.2, 0.25) is 15.9 Å². The number of piperidine rings is 1. The van der Waals surface area contributed by atoms with Gasteiger partial charge in [-0.3, -0.25) is 4.79 Å². The molecule has 25 heavy (non-hydrogen) atoms. The first-order valence-corrected chi connectivity index (χ1v) is 10.7. The van der Waals surface area contributed by atoms with Gasteiger partial charge < -0.3 is 10.1 Å². The summed E-state index contributed by atoms with van der Waals surface area (Å²) in [7, 11) is -3.15. The van der Waals surface area contributed by atoms with Gasteiger partial charge in [0.1, 0.15) is 5.75 Å².